The van der Waals surface area contributed by atoms with Crippen LogP contribution in [0.3, 0.4) is 0 Å². The molecule has 1 aliphatic carbocycles. The zero-order valence-corrected chi connectivity index (χ0v) is 11.6. The zero-order valence-electron chi connectivity index (χ0n) is 11.6. The highest BCUT2D eigenvalue weighted by atomic mass is 16.6. The Balaban J connectivity index is 1.76. The minimum Gasteiger partial charge on any atom is -0.386 e. The molecule has 0 aromatic heterocycles. The topological polar surface area (TPSA) is 32.8 Å². The van der Waals surface area contributed by atoms with Gasteiger partial charge in [-0.05, 0) is 58.3 Å². The summed E-state index contributed by atoms with van der Waals surface area (Å²) in [5, 5.41) is 9.86. The summed E-state index contributed by atoms with van der Waals surface area (Å²) in [5.41, 5.74) is -0.441. The van der Waals surface area contributed by atoms with Crippen molar-refractivity contribution in [2.24, 2.45) is 11.8 Å². The molecule has 0 unspecified atom stereocenters. The van der Waals surface area contributed by atoms with Crippen molar-refractivity contribution in [2.45, 2.75) is 70.7 Å². The van der Waals surface area contributed by atoms with Crippen molar-refractivity contribution in [3.8, 4) is 0 Å². The van der Waals surface area contributed by atoms with Gasteiger partial charge in [-0.1, -0.05) is 19.1 Å². The van der Waals surface area contributed by atoms with Gasteiger partial charge in [0.05, 0.1) is 17.3 Å². The van der Waals surface area contributed by atoms with Crippen LogP contribution in [0.15, 0.2) is 12.2 Å². The molecule has 0 amide bonds. The van der Waals surface area contributed by atoms with Crippen LogP contribution in [0.5, 0.6) is 0 Å². The molecule has 1 aliphatic heterocycles. The van der Waals surface area contributed by atoms with Crippen LogP contribution in [0.4, 0.5) is 0 Å². The number of epoxide rings is 1. The first-order valence-corrected chi connectivity index (χ1v) is 6.90. The molecule has 2 heteroatoms. The number of allylic oxidation sites excluding steroid dienone is 1. The minimum atomic E-state index is -0.572. The summed E-state index contributed by atoms with van der Waals surface area (Å²) in [4.78, 5) is 0. The predicted molar refractivity (Wildman–Crippen MR) is 69.8 cm³/mol. The molecule has 1 saturated heterocycles. The molecule has 1 heterocycles. The lowest BCUT2D eigenvalue weighted by molar-refractivity contribution is 0.0830. The van der Waals surface area contributed by atoms with Crippen molar-refractivity contribution in [1.29, 1.82) is 0 Å². The summed E-state index contributed by atoms with van der Waals surface area (Å²) in [6.45, 7) is 8.55. The maximum atomic E-state index is 9.86. The van der Waals surface area contributed by atoms with E-state index >= 15 is 0 Å². The first kappa shape index (κ1) is 13.1. The molecular weight excluding hydrogens is 212 g/mol. The molecule has 1 N–H and O–H groups in total. The second-order valence-electron chi connectivity index (χ2n) is 6.68. The van der Waals surface area contributed by atoms with Gasteiger partial charge in [0.2, 0.25) is 0 Å². The second-order valence-corrected chi connectivity index (χ2v) is 6.68. The Bertz CT molecular complexity index is 304. The lowest BCUT2D eigenvalue weighted by Gasteiger charge is -2.30. The molecule has 0 bridgehead atoms. The van der Waals surface area contributed by atoms with Gasteiger partial charge in [0.1, 0.15) is 0 Å². The van der Waals surface area contributed by atoms with Crippen LogP contribution in [0.25, 0.3) is 0 Å². The predicted octanol–water partition coefficient (Wildman–Crippen LogP) is 3.30. The summed E-state index contributed by atoms with van der Waals surface area (Å²) in [6.07, 6.45) is 9.08. The number of aliphatic hydroxyl groups is 1. The van der Waals surface area contributed by atoms with E-state index in [4.69, 9.17) is 4.74 Å². The van der Waals surface area contributed by atoms with Gasteiger partial charge in [0.25, 0.3) is 0 Å². The standard InChI is InChI=1S/C15H26O2/c1-11(5-6-13-14(2,3)17-13)12-7-9-15(4,16)10-8-12/h7,9,11-13,16H,5-6,8,10H2,1-4H3/t11-,12+,13-,15-/m0/s1. The fourth-order valence-electron chi connectivity index (χ4n) is 2.81. The van der Waals surface area contributed by atoms with Gasteiger partial charge in [0.15, 0.2) is 0 Å². The maximum absolute atomic E-state index is 9.86. The van der Waals surface area contributed by atoms with E-state index < -0.39 is 5.60 Å². The van der Waals surface area contributed by atoms with Crippen LogP contribution in [-0.4, -0.2) is 22.4 Å². The van der Waals surface area contributed by atoms with Crippen molar-refractivity contribution in [1.82, 2.24) is 0 Å². The average Bonchev–Trinajstić information content (AvgIpc) is 2.83. The SMILES string of the molecule is C[C@@H](CC[C@@H]1OC1(C)C)[C@@H]1C=C[C@](C)(O)CC1. The Morgan fingerprint density at radius 1 is 1.41 bits per heavy atom. The van der Waals surface area contributed by atoms with E-state index in [2.05, 4.69) is 26.8 Å². The third-order valence-corrected chi connectivity index (χ3v) is 4.47. The molecule has 0 saturated carbocycles. The summed E-state index contributed by atoms with van der Waals surface area (Å²) in [5.74, 6) is 1.33. The normalized spacial score (nSPS) is 41.2. The summed E-state index contributed by atoms with van der Waals surface area (Å²) >= 11 is 0. The molecule has 0 radical (unpaired) electrons. The van der Waals surface area contributed by atoms with Crippen LogP contribution < -0.4 is 0 Å². The third-order valence-electron chi connectivity index (χ3n) is 4.47. The van der Waals surface area contributed by atoms with E-state index in [-0.39, 0.29) is 5.60 Å². The van der Waals surface area contributed by atoms with E-state index in [0.717, 1.165) is 12.8 Å². The van der Waals surface area contributed by atoms with E-state index in [0.29, 0.717) is 17.9 Å². The maximum Gasteiger partial charge on any atom is 0.0892 e. The van der Waals surface area contributed by atoms with Crippen molar-refractivity contribution in [2.75, 3.05) is 0 Å². The quantitative estimate of drug-likeness (QED) is 0.602. The summed E-state index contributed by atoms with van der Waals surface area (Å²) in [7, 11) is 0. The van der Waals surface area contributed by atoms with Gasteiger partial charge >= 0.3 is 0 Å². The van der Waals surface area contributed by atoms with E-state index in [1.54, 1.807) is 0 Å². The fourth-order valence-corrected chi connectivity index (χ4v) is 2.81. The van der Waals surface area contributed by atoms with E-state index in [1.165, 1.54) is 12.8 Å². The van der Waals surface area contributed by atoms with Crippen molar-refractivity contribution in [3.05, 3.63) is 12.2 Å². The highest BCUT2D eigenvalue weighted by Crippen LogP contribution is 2.40. The number of hydrogen-bond acceptors (Lipinski definition) is 2. The number of ether oxygens (including phenoxy) is 1. The highest BCUT2D eigenvalue weighted by molar-refractivity contribution is 5.06. The van der Waals surface area contributed by atoms with E-state index in [9.17, 15) is 5.11 Å². The molecular formula is C15H26O2. The van der Waals surface area contributed by atoms with Crippen LogP contribution in [0.2, 0.25) is 0 Å². The van der Waals surface area contributed by atoms with Gasteiger partial charge in [-0.3, -0.25) is 0 Å². The Kier molecular flexibility index (Phi) is 3.39. The molecule has 98 valence electrons. The molecule has 0 aromatic carbocycles. The van der Waals surface area contributed by atoms with Crippen LogP contribution in [0, 0.1) is 11.8 Å². The van der Waals surface area contributed by atoms with Crippen molar-refractivity contribution in [3.63, 3.8) is 0 Å². The Morgan fingerprint density at radius 2 is 2.06 bits per heavy atom. The monoisotopic (exact) mass is 238 g/mol. The molecule has 2 rings (SSSR count). The molecule has 0 spiro atoms. The molecule has 4 atom stereocenters. The lowest BCUT2D eigenvalue weighted by Crippen LogP contribution is -2.27. The lowest BCUT2D eigenvalue weighted by atomic mass is 9.78. The van der Waals surface area contributed by atoms with Gasteiger partial charge in [0, 0.05) is 0 Å². The van der Waals surface area contributed by atoms with E-state index in [1.807, 2.05) is 13.0 Å². The van der Waals surface area contributed by atoms with Gasteiger partial charge < -0.3 is 9.84 Å². The highest BCUT2D eigenvalue weighted by Gasteiger charge is 2.47. The smallest absolute Gasteiger partial charge is 0.0892 e. The Hall–Kier alpha value is -0.340. The van der Waals surface area contributed by atoms with Crippen molar-refractivity contribution >= 4 is 0 Å². The molecule has 17 heavy (non-hydrogen) atoms. The third kappa shape index (κ3) is 3.32. The second kappa shape index (κ2) is 4.40. The largest absolute Gasteiger partial charge is 0.386 e. The van der Waals surface area contributed by atoms with Gasteiger partial charge in [-0.15, -0.1) is 0 Å². The Labute approximate surface area is 105 Å². The molecule has 2 aliphatic rings. The van der Waals surface area contributed by atoms with Crippen LogP contribution in [-0.2, 0) is 4.74 Å². The molecule has 0 aromatic rings. The zero-order chi connectivity index (χ0) is 12.7. The molecule has 1 fully saturated rings. The van der Waals surface area contributed by atoms with Crippen molar-refractivity contribution < 1.29 is 9.84 Å². The van der Waals surface area contributed by atoms with Crippen LogP contribution in [0.1, 0.15) is 53.4 Å². The average molecular weight is 238 g/mol. The number of hydrogen-bond donors (Lipinski definition) is 1. The first-order valence-electron chi connectivity index (χ1n) is 6.90. The van der Waals surface area contributed by atoms with Gasteiger partial charge in [-0.25, -0.2) is 0 Å². The Morgan fingerprint density at radius 3 is 2.53 bits per heavy atom. The number of rotatable bonds is 4. The fraction of sp³-hybridized carbons (Fsp3) is 0.867. The summed E-state index contributed by atoms with van der Waals surface area (Å²) < 4.78 is 5.62. The van der Waals surface area contributed by atoms with Crippen LogP contribution >= 0.6 is 0 Å². The minimum absolute atomic E-state index is 0.131. The molecule has 2 nitrogen and oxygen atoms in total. The first-order chi connectivity index (χ1) is 7.80. The van der Waals surface area contributed by atoms with Gasteiger partial charge in [-0.2, -0.15) is 0 Å². The summed E-state index contributed by atoms with van der Waals surface area (Å²) in [6, 6.07) is 0.